The number of rotatable bonds is 5. The number of primary amides is 1. The lowest BCUT2D eigenvalue weighted by molar-refractivity contribution is -0.137. The average molecular weight is 371 g/mol. The van der Waals surface area contributed by atoms with E-state index in [0.29, 0.717) is 22.6 Å². The third-order valence-electron chi connectivity index (χ3n) is 3.97. The average Bonchev–Trinajstić information content (AvgIpc) is 2.62. The Balaban J connectivity index is 1.93. The Hall–Kier alpha value is -3.28. The molecule has 0 atom stereocenters. The summed E-state index contributed by atoms with van der Waals surface area (Å²) in [6.45, 7) is 0. The van der Waals surface area contributed by atoms with Gasteiger partial charge in [-0.25, -0.2) is 0 Å². The largest absolute Gasteiger partial charge is 0.457 e. The molecular formula is C21H16F3NO2. The minimum atomic E-state index is -4.43. The molecule has 3 nitrogen and oxygen atoms in total. The summed E-state index contributed by atoms with van der Waals surface area (Å²) in [4.78, 5) is 11.7. The summed E-state index contributed by atoms with van der Waals surface area (Å²) in [5.74, 6) is 0.422. The molecule has 27 heavy (non-hydrogen) atoms. The lowest BCUT2D eigenvalue weighted by atomic mass is 9.97. The van der Waals surface area contributed by atoms with E-state index in [1.54, 1.807) is 30.3 Å². The van der Waals surface area contributed by atoms with Crippen LogP contribution in [0.5, 0.6) is 11.5 Å². The Bertz CT molecular complexity index is 953. The van der Waals surface area contributed by atoms with Crippen molar-refractivity contribution in [2.24, 2.45) is 5.73 Å². The minimum Gasteiger partial charge on any atom is -0.457 e. The number of benzene rings is 3. The molecule has 6 heteroatoms. The monoisotopic (exact) mass is 371 g/mol. The number of nitrogens with two attached hydrogens (primary N) is 1. The molecule has 0 aliphatic carbocycles. The molecule has 0 unspecified atom stereocenters. The summed E-state index contributed by atoms with van der Waals surface area (Å²) in [6.07, 6.45) is -4.31. The highest BCUT2D eigenvalue weighted by atomic mass is 19.4. The number of amides is 1. The van der Waals surface area contributed by atoms with Crippen LogP contribution in [0.25, 0.3) is 0 Å². The van der Waals surface area contributed by atoms with E-state index in [-0.39, 0.29) is 12.0 Å². The first-order chi connectivity index (χ1) is 12.8. The van der Waals surface area contributed by atoms with Crippen molar-refractivity contribution < 1.29 is 22.7 Å². The summed E-state index contributed by atoms with van der Waals surface area (Å²) in [7, 11) is 0. The first-order valence-electron chi connectivity index (χ1n) is 8.15. The number of para-hydroxylation sites is 1. The number of alkyl halides is 3. The van der Waals surface area contributed by atoms with Gasteiger partial charge < -0.3 is 10.5 Å². The first kappa shape index (κ1) is 18.5. The molecule has 2 N–H and O–H groups in total. The fourth-order valence-corrected chi connectivity index (χ4v) is 2.72. The highest BCUT2D eigenvalue weighted by Crippen LogP contribution is 2.31. The molecule has 0 radical (unpaired) electrons. The van der Waals surface area contributed by atoms with Crippen LogP contribution in [0.3, 0.4) is 0 Å². The van der Waals surface area contributed by atoms with Crippen molar-refractivity contribution in [1.82, 2.24) is 0 Å². The van der Waals surface area contributed by atoms with Crippen LogP contribution in [0.2, 0.25) is 0 Å². The molecule has 0 fully saturated rings. The lowest BCUT2D eigenvalue weighted by Crippen LogP contribution is -2.14. The van der Waals surface area contributed by atoms with Crippen molar-refractivity contribution in [3.05, 3.63) is 95.1 Å². The van der Waals surface area contributed by atoms with Gasteiger partial charge in [0.15, 0.2) is 0 Å². The highest BCUT2D eigenvalue weighted by molar-refractivity contribution is 5.94. The van der Waals surface area contributed by atoms with E-state index in [0.717, 1.165) is 12.1 Å². The van der Waals surface area contributed by atoms with Gasteiger partial charge in [0.05, 0.1) is 5.56 Å². The Morgan fingerprint density at radius 2 is 1.63 bits per heavy atom. The number of ether oxygens (including phenoxy) is 1. The van der Waals surface area contributed by atoms with E-state index in [1.165, 1.54) is 12.1 Å². The number of halogens is 3. The van der Waals surface area contributed by atoms with E-state index in [2.05, 4.69) is 0 Å². The maximum absolute atomic E-state index is 12.9. The number of hydrogen-bond donors (Lipinski definition) is 1. The highest BCUT2D eigenvalue weighted by Gasteiger charge is 2.30. The molecule has 0 saturated heterocycles. The van der Waals surface area contributed by atoms with Crippen molar-refractivity contribution in [1.29, 1.82) is 0 Å². The van der Waals surface area contributed by atoms with Crippen LogP contribution in [0.4, 0.5) is 13.2 Å². The summed E-state index contributed by atoms with van der Waals surface area (Å²) < 4.78 is 44.5. The predicted octanol–water partition coefficient (Wildman–Crippen LogP) is 5.19. The third-order valence-corrected chi connectivity index (χ3v) is 3.97. The van der Waals surface area contributed by atoms with Crippen molar-refractivity contribution in [2.45, 2.75) is 12.6 Å². The van der Waals surface area contributed by atoms with Crippen LogP contribution in [-0.2, 0) is 12.6 Å². The molecule has 138 valence electrons. The zero-order valence-corrected chi connectivity index (χ0v) is 14.2. The Kier molecular flexibility index (Phi) is 5.16. The van der Waals surface area contributed by atoms with E-state index in [4.69, 9.17) is 10.5 Å². The molecule has 3 aromatic carbocycles. The maximum atomic E-state index is 12.9. The van der Waals surface area contributed by atoms with E-state index >= 15 is 0 Å². The Morgan fingerprint density at radius 1 is 0.889 bits per heavy atom. The molecule has 0 bridgehead atoms. The summed E-state index contributed by atoms with van der Waals surface area (Å²) in [6, 6.07) is 18.7. The fraction of sp³-hybridized carbons (Fsp3) is 0.0952. The van der Waals surface area contributed by atoms with Gasteiger partial charge in [-0.15, -0.1) is 0 Å². The fourth-order valence-electron chi connectivity index (χ4n) is 2.72. The summed E-state index contributed by atoms with van der Waals surface area (Å²) in [5.41, 5.74) is 5.83. The third kappa shape index (κ3) is 4.67. The number of carbonyl (C=O) groups excluding carboxylic acids is 1. The summed E-state index contributed by atoms with van der Waals surface area (Å²) >= 11 is 0. The number of hydrogen-bond acceptors (Lipinski definition) is 2. The van der Waals surface area contributed by atoms with Crippen LogP contribution >= 0.6 is 0 Å². The number of carbonyl (C=O) groups is 1. The van der Waals surface area contributed by atoms with Crippen LogP contribution < -0.4 is 10.5 Å². The van der Waals surface area contributed by atoms with Gasteiger partial charge in [0, 0.05) is 5.56 Å². The molecule has 0 saturated carbocycles. The van der Waals surface area contributed by atoms with Gasteiger partial charge >= 0.3 is 6.18 Å². The van der Waals surface area contributed by atoms with Crippen molar-refractivity contribution in [3.8, 4) is 11.5 Å². The van der Waals surface area contributed by atoms with Crippen molar-refractivity contribution in [3.63, 3.8) is 0 Å². The first-order valence-corrected chi connectivity index (χ1v) is 8.15. The van der Waals surface area contributed by atoms with Crippen LogP contribution in [-0.4, -0.2) is 5.91 Å². The van der Waals surface area contributed by atoms with E-state index in [1.807, 2.05) is 18.2 Å². The molecule has 0 spiro atoms. The van der Waals surface area contributed by atoms with Crippen molar-refractivity contribution >= 4 is 5.91 Å². The summed E-state index contributed by atoms with van der Waals surface area (Å²) in [5, 5.41) is 0. The molecule has 1 amide bonds. The smallest absolute Gasteiger partial charge is 0.416 e. The standard InChI is InChI=1S/C21H16F3NO2/c22-21(23,24)16-6-4-5-14(12-16)11-15-13-18(9-10-19(15)20(25)26)27-17-7-2-1-3-8-17/h1-10,12-13H,11H2,(H2,25,26). The zero-order valence-electron chi connectivity index (χ0n) is 14.2. The van der Waals surface area contributed by atoms with Gasteiger partial charge in [-0.2, -0.15) is 13.2 Å². The second-order valence-corrected chi connectivity index (χ2v) is 5.97. The predicted molar refractivity (Wildman–Crippen MR) is 95.7 cm³/mol. The zero-order chi connectivity index (χ0) is 19.4. The Morgan fingerprint density at radius 3 is 2.30 bits per heavy atom. The lowest BCUT2D eigenvalue weighted by Gasteiger charge is -2.12. The Labute approximate surface area is 154 Å². The van der Waals surface area contributed by atoms with Crippen LogP contribution in [0, 0.1) is 0 Å². The quantitative estimate of drug-likeness (QED) is 0.671. The van der Waals surface area contributed by atoms with Gasteiger partial charge in [-0.3, -0.25) is 4.79 Å². The van der Waals surface area contributed by atoms with Crippen LogP contribution in [0.15, 0.2) is 72.8 Å². The molecule has 0 heterocycles. The minimum absolute atomic E-state index is 0.119. The van der Waals surface area contributed by atoms with Gasteiger partial charge in [-0.1, -0.05) is 36.4 Å². The van der Waals surface area contributed by atoms with Gasteiger partial charge in [-0.05, 0) is 53.9 Å². The molecular weight excluding hydrogens is 355 g/mol. The maximum Gasteiger partial charge on any atom is 0.416 e. The molecule has 0 aliphatic heterocycles. The molecule has 3 rings (SSSR count). The second kappa shape index (κ2) is 7.53. The molecule has 3 aromatic rings. The van der Waals surface area contributed by atoms with Gasteiger partial charge in [0.1, 0.15) is 11.5 Å². The van der Waals surface area contributed by atoms with E-state index in [9.17, 15) is 18.0 Å². The SMILES string of the molecule is NC(=O)c1ccc(Oc2ccccc2)cc1Cc1cccc(C(F)(F)F)c1. The second-order valence-electron chi connectivity index (χ2n) is 5.97. The normalized spacial score (nSPS) is 11.2. The molecule has 0 aliphatic rings. The van der Waals surface area contributed by atoms with Gasteiger partial charge in [0.2, 0.25) is 5.91 Å². The topological polar surface area (TPSA) is 52.3 Å². The van der Waals surface area contributed by atoms with Gasteiger partial charge in [0.25, 0.3) is 0 Å². The van der Waals surface area contributed by atoms with E-state index < -0.39 is 17.6 Å². The van der Waals surface area contributed by atoms with Crippen LogP contribution in [0.1, 0.15) is 27.0 Å². The molecule has 0 aromatic heterocycles. The van der Waals surface area contributed by atoms with Crippen molar-refractivity contribution in [2.75, 3.05) is 0 Å².